The lowest BCUT2D eigenvalue weighted by atomic mass is 10.0. The molecule has 1 fully saturated rings. The van der Waals surface area contributed by atoms with Crippen LogP contribution in [0.15, 0.2) is 53.7 Å². The summed E-state index contributed by atoms with van der Waals surface area (Å²) in [4.78, 5) is 10.7. The summed E-state index contributed by atoms with van der Waals surface area (Å²) in [6.45, 7) is 0.718. The van der Waals surface area contributed by atoms with Gasteiger partial charge in [0.05, 0.1) is 24.0 Å². The molecule has 3 aromatic heterocycles. The summed E-state index contributed by atoms with van der Waals surface area (Å²) in [5.74, 6) is 0.421. The average molecular weight is 367 g/mol. The Morgan fingerprint density at radius 2 is 2.07 bits per heavy atom. The molecule has 4 heterocycles. The smallest absolute Gasteiger partial charge is 0.181 e. The van der Waals surface area contributed by atoms with Gasteiger partial charge in [-0.2, -0.15) is 5.10 Å². The van der Waals surface area contributed by atoms with Crippen molar-refractivity contribution in [3.8, 4) is 11.3 Å². The number of anilines is 1. The molecule has 1 aromatic carbocycles. The zero-order valence-corrected chi connectivity index (χ0v) is 14.2. The molecule has 1 unspecified atom stereocenters. The maximum Gasteiger partial charge on any atom is 0.181 e. The summed E-state index contributed by atoms with van der Waals surface area (Å²) >= 11 is 0. The molecule has 0 bridgehead atoms. The van der Waals surface area contributed by atoms with Crippen LogP contribution in [0.3, 0.4) is 0 Å². The summed E-state index contributed by atoms with van der Waals surface area (Å²) in [7, 11) is 0. The first kappa shape index (κ1) is 15.9. The molecule has 5 rings (SSSR count). The van der Waals surface area contributed by atoms with Crippen molar-refractivity contribution in [1.29, 1.82) is 0 Å². The van der Waals surface area contributed by atoms with E-state index in [1.807, 2.05) is 11.0 Å². The van der Waals surface area contributed by atoms with Crippen molar-refractivity contribution in [3.05, 3.63) is 66.4 Å². The Labute approximate surface area is 153 Å². The Morgan fingerprint density at radius 3 is 2.93 bits per heavy atom. The Bertz CT molecular complexity index is 1110. The number of aromatic nitrogens is 4. The first-order chi connectivity index (χ1) is 13.2. The number of benzene rings is 1. The van der Waals surface area contributed by atoms with E-state index in [0.717, 1.165) is 31.0 Å². The second-order valence-electron chi connectivity index (χ2n) is 6.50. The van der Waals surface area contributed by atoms with Gasteiger partial charge in [-0.15, -0.1) is 0 Å². The molecule has 1 atom stereocenters. The Balaban J connectivity index is 1.58. The zero-order valence-electron chi connectivity index (χ0n) is 14.2. The van der Waals surface area contributed by atoms with Gasteiger partial charge < -0.3 is 9.32 Å². The van der Waals surface area contributed by atoms with Crippen LogP contribution in [0.2, 0.25) is 0 Å². The highest BCUT2D eigenvalue weighted by molar-refractivity contribution is 5.74. The van der Waals surface area contributed by atoms with Crippen molar-refractivity contribution >= 4 is 11.5 Å². The molecule has 0 aliphatic carbocycles. The molecule has 0 saturated carbocycles. The Kier molecular flexibility index (Phi) is 3.63. The van der Waals surface area contributed by atoms with E-state index in [0.29, 0.717) is 22.8 Å². The molecule has 4 aromatic rings. The summed E-state index contributed by atoms with van der Waals surface area (Å²) in [5, 5.41) is 4.28. The Hall–Kier alpha value is -3.29. The normalized spacial score (nSPS) is 17.1. The number of hydrogen-bond donors (Lipinski definition) is 0. The highest BCUT2D eigenvalue weighted by atomic mass is 19.1. The molecule has 0 N–H and O–H groups in total. The average Bonchev–Trinajstić information content (AvgIpc) is 3.42. The van der Waals surface area contributed by atoms with Gasteiger partial charge in [0.15, 0.2) is 17.8 Å². The SMILES string of the molecule is Fc1ccc(F)c(C2CCCN2c2ccn3ncc(-c4cnco4)c3n2)c1. The minimum Gasteiger partial charge on any atom is -0.443 e. The van der Waals surface area contributed by atoms with Gasteiger partial charge in [0, 0.05) is 18.3 Å². The Morgan fingerprint density at radius 1 is 1.15 bits per heavy atom. The molecule has 0 spiro atoms. The largest absolute Gasteiger partial charge is 0.443 e. The third kappa shape index (κ3) is 2.64. The van der Waals surface area contributed by atoms with Crippen molar-refractivity contribution in [2.45, 2.75) is 18.9 Å². The highest BCUT2D eigenvalue weighted by Gasteiger charge is 2.30. The summed E-state index contributed by atoms with van der Waals surface area (Å²) < 4.78 is 35.0. The molecule has 0 amide bonds. The van der Waals surface area contributed by atoms with Gasteiger partial charge in [-0.1, -0.05) is 0 Å². The standard InChI is InChI=1S/C19H15F2N5O/c20-12-3-4-15(21)13(8-12)16-2-1-6-25(16)18-5-7-26-19(24-18)14(9-23-26)17-10-22-11-27-17/h3-5,7-11,16H,1-2,6H2. The van der Waals surface area contributed by atoms with Crippen molar-refractivity contribution in [2.24, 2.45) is 0 Å². The van der Waals surface area contributed by atoms with Crippen LogP contribution >= 0.6 is 0 Å². The number of hydrogen-bond acceptors (Lipinski definition) is 5. The molecule has 27 heavy (non-hydrogen) atoms. The fourth-order valence-corrected chi connectivity index (χ4v) is 3.68. The summed E-state index contributed by atoms with van der Waals surface area (Å²) in [6, 6.07) is 5.16. The van der Waals surface area contributed by atoms with Gasteiger partial charge in [-0.25, -0.2) is 23.3 Å². The second-order valence-corrected chi connectivity index (χ2v) is 6.50. The number of rotatable bonds is 3. The molecular weight excluding hydrogens is 352 g/mol. The van der Waals surface area contributed by atoms with Crippen molar-refractivity contribution in [1.82, 2.24) is 19.6 Å². The van der Waals surface area contributed by atoms with Gasteiger partial charge in [0.1, 0.15) is 17.5 Å². The van der Waals surface area contributed by atoms with E-state index >= 15 is 0 Å². The van der Waals surface area contributed by atoms with Crippen LogP contribution in [-0.4, -0.2) is 26.1 Å². The lowest BCUT2D eigenvalue weighted by Crippen LogP contribution is -2.24. The van der Waals surface area contributed by atoms with E-state index in [9.17, 15) is 8.78 Å². The number of fused-ring (bicyclic) bond motifs is 1. The molecule has 136 valence electrons. The molecule has 6 nitrogen and oxygen atoms in total. The topological polar surface area (TPSA) is 59.5 Å². The number of halogens is 2. The first-order valence-corrected chi connectivity index (χ1v) is 8.65. The molecule has 1 aliphatic rings. The van der Waals surface area contributed by atoms with E-state index in [4.69, 9.17) is 9.40 Å². The lowest BCUT2D eigenvalue weighted by molar-refractivity contribution is 0.560. The molecule has 1 aliphatic heterocycles. The van der Waals surface area contributed by atoms with Crippen LogP contribution in [-0.2, 0) is 0 Å². The van der Waals surface area contributed by atoms with Crippen LogP contribution in [0.25, 0.3) is 17.0 Å². The van der Waals surface area contributed by atoms with E-state index in [1.54, 1.807) is 23.1 Å². The van der Waals surface area contributed by atoms with Crippen molar-refractivity contribution < 1.29 is 13.2 Å². The van der Waals surface area contributed by atoms with Gasteiger partial charge in [0.25, 0.3) is 0 Å². The minimum atomic E-state index is -0.440. The maximum absolute atomic E-state index is 14.3. The molecule has 8 heteroatoms. The van der Waals surface area contributed by atoms with Crippen molar-refractivity contribution in [3.63, 3.8) is 0 Å². The van der Waals surface area contributed by atoms with Gasteiger partial charge in [-0.05, 0) is 37.1 Å². The number of oxazole rings is 1. The van der Waals surface area contributed by atoms with Crippen LogP contribution in [0.4, 0.5) is 14.6 Å². The van der Waals surface area contributed by atoms with Crippen LogP contribution < -0.4 is 4.90 Å². The zero-order chi connectivity index (χ0) is 18.4. The summed E-state index contributed by atoms with van der Waals surface area (Å²) in [5.41, 5.74) is 1.70. The minimum absolute atomic E-state index is 0.257. The molecular formula is C19H15F2N5O. The first-order valence-electron chi connectivity index (χ1n) is 8.65. The molecule has 0 radical (unpaired) electrons. The number of nitrogens with zero attached hydrogens (tertiary/aromatic N) is 5. The third-order valence-corrected chi connectivity index (χ3v) is 4.92. The van der Waals surface area contributed by atoms with Crippen LogP contribution in [0.5, 0.6) is 0 Å². The van der Waals surface area contributed by atoms with Gasteiger partial charge in [0.2, 0.25) is 0 Å². The van der Waals surface area contributed by atoms with Gasteiger partial charge in [-0.3, -0.25) is 0 Å². The van der Waals surface area contributed by atoms with Gasteiger partial charge >= 0.3 is 0 Å². The quantitative estimate of drug-likeness (QED) is 0.548. The van der Waals surface area contributed by atoms with Crippen LogP contribution in [0.1, 0.15) is 24.4 Å². The fourth-order valence-electron chi connectivity index (χ4n) is 3.68. The highest BCUT2D eigenvalue weighted by Crippen LogP contribution is 2.37. The monoisotopic (exact) mass is 367 g/mol. The van der Waals surface area contributed by atoms with E-state index in [2.05, 4.69) is 10.1 Å². The second kappa shape index (κ2) is 6.15. The molecule has 1 saturated heterocycles. The lowest BCUT2D eigenvalue weighted by Gasteiger charge is -2.26. The van der Waals surface area contributed by atoms with E-state index < -0.39 is 11.6 Å². The fraction of sp³-hybridized carbons (Fsp3) is 0.211. The predicted molar refractivity (Wildman–Crippen MR) is 94.2 cm³/mol. The third-order valence-electron chi connectivity index (χ3n) is 4.92. The summed E-state index contributed by atoms with van der Waals surface area (Å²) in [6.07, 6.45) is 8.04. The van der Waals surface area contributed by atoms with Crippen LogP contribution in [0, 0.1) is 11.6 Å². The van der Waals surface area contributed by atoms with Crippen molar-refractivity contribution in [2.75, 3.05) is 11.4 Å². The van der Waals surface area contributed by atoms with E-state index in [-0.39, 0.29) is 6.04 Å². The van der Waals surface area contributed by atoms with E-state index in [1.165, 1.54) is 18.5 Å². The predicted octanol–water partition coefficient (Wildman–Crippen LogP) is 4.00. The maximum atomic E-state index is 14.3.